The Morgan fingerprint density at radius 1 is 1.23 bits per heavy atom. The molecule has 138 valence electrons. The zero-order valence-electron chi connectivity index (χ0n) is 15.7. The number of amides is 1. The summed E-state index contributed by atoms with van der Waals surface area (Å²) in [6.45, 7) is 6.24. The number of rotatable bonds is 2. The van der Waals surface area contributed by atoms with Crippen LogP contribution in [0.25, 0.3) is 11.3 Å². The molecule has 0 bridgehead atoms. The van der Waals surface area contributed by atoms with Crippen molar-refractivity contribution >= 4 is 5.91 Å². The zero-order valence-corrected chi connectivity index (χ0v) is 15.7. The Morgan fingerprint density at radius 3 is 2.85 bits per heavy atom. The highest BCUT2D eigenvalue weighted by Crippen LogP contribution is 2.33. The summed E-state index contributed by atoms with van der Waals surface area (Å²) in [4.78, 5) is 15.3. The molecule has 4 rings (SSSR count). The van der Waals surface area contributed by atoms with Crippen LogP contribution in [0.2, 0.25) is 0 Å². The zero-order chi connectivity index (χ0) is 18.1. The van der Waals surface area contributed by atoms with Gasteiger partial charge in [0.25, 0.3) is 5.91 Å². The molecule has 0 spiro atoms. The summed E-state index contributed by atoms with van der Waals surface area (Å²) in [5.74, 6) is 0.0792. The van der Waals surface area contributed by atoms with Gasteiger partial charge in [0.2, 0.25) is 0 Å². The number of aromatic nitrogens is 2. The van der Waals surface area contributed by atoms with E-state index in [1.807, 2.05) is 18.2 Å². The molecule has 0 unspecified atom stereocenters. The lowest BCUT2D eigenvalue weighted by Crippen LogP contribution is -2.62. The lowest BCUT2D eigenvalue weighted by molar-refractivity contribution is 0.0374. The van der Waals surface area contributed by atoms with Crippen LogP contribution >= 0.6 is 0 Å². The fourth-order valence-corrected chi connectivity index (χ4v) is 4.50. The van der Waals surface area contributed by atoms with E-state index < -0.39 is 0 Å². The second kappa shape index (κ2) is 6.88. The van der Waals surface area contributed by atoms with E-state index in [9.17, 15) is 4.79 Å². The molecule has 2 aliphatic heterocycles. The Morgan fingerprint density at radius 2 is 2.04 bits per heavy atom. The fourth-order valence-electron chi connectivity index (χ4n) is 4.50. The molecule has 2 aliphatic rings. The SMILES string of the molecule is Cc1ccc(-c2cc(C(=O)N3CCC[C@]4(C)NCCCC[C@H]34)[nH]n2)cc1. The number of benzene rings is 1. The van der Waals surface area contributed by atoms with Crippen molar-refractivity contribution in [1.82, 2.24) is 20.4 Å². The normalized spacial score (nSPS) is 26.2. The molecule has 2 N–H and O–H groups in total. The third-order valence-corrected chi connectivity index (χ3v) is 6.06. The van der Waals surface area contributed by atoms with E-state index in [1.165, 1.54) is 18.4 Å². The van der Waals surface area contributed by atoms with Crippen molar-refractivity contribution in [3.8, 4) is 11.3 Å². The average Bonchev–Trinajstić information content (AvgIpc) is 3.04. The van der Waals surface area contributed by atoms with Gasteiger partial charge in [0, 0.05) is 23.7 Å². The van der Waals surface area contributed by atoms with Gasteiger partial charge in [-0.2, -0.15) is 5.10 Å². The second-order valence-corrected chi connectivity index (χ2v) is 7.99. The molecule has 5 nitrogen and oxygen atoms in total. The van der Waals surface area contributed by atoms with E-state index in [0.717, 1.165) is 43.6 Å². The van der Waals surface area contributed by atoms with Crippen molar-refractivity contribution in [3.05, 3.63) is 41.6 Å². The number of nitrogens with zero attached hydrogens (tertiary/aromatic N) is 2. The molecule has 2 saturated heterocycles. The smallest absolute Gasteiger partial charge is 0.272 e. The van der Waals surface area contributed by atoms with E-state index >= 15 is 0 Å². The van der Waals surface area contributed by atoms with Crippen molar-refractivity contribution in [2.75, 3.05) is 13.1 Å². The summed E-state index contributed by atoms with van der Waals surface area (Å²) in [7, 11) is 0. The minimum absolute atomic E-state index is 0.0320. The van der Waals surface area contributed by atoms with Crippen LogP contribution in [-0.2, 0) is 0 Å². The molecule has 2 fully saturated rings. The van der Waals surface area contributed by atoms with Crippen LogP contribution in [0, 0.1) is 6.92 Å². The van der Waals surface area contributed by atoms with Crippen molar-refractivity contribution in [2.45, 2.75) is 57.5 Å². The summed E-state index contributed by atoms with van der Waals surface area (Å²) < 4.78 is 0. The highest BCUT2D eigenvalue weighted by atomic mass is 16.2. The van der Waals surface area contributed by atoms with Gasteiger partial charge in [0.1, 0.15) is 5.69 Å². The van der Waals surface area contributed by atoms with Crippen LogP contribution in [0.4, 0.5) is 0 Å². The number of H-pyrrole nitrogens is 1. The third-order valence-electron chi connectivity index (χ3n) is 6.06. The first-order chi connectivity index (χ1) is 12.6. The van der Waals surface area contributed by atoms with Crippen LogP contribution in [0.3, 0.4) is 0 Å². The van der Waals surface area contributed by atoms with Crippen molar-refractivity contribution < 1.29 is 4.79 Å². The molecule has 2 atom stereocenters. The largest absolute Gasteiger partial charge is 0.333 e. The first-order valence-electron chi connectivity index (χ1n) is 9.75. The molecule has 1 aromatic heterocycles. The Balaban J connectivity index is 1.58. The van der Waals surface area contributed by atoms with Gasteiger partial charge < -0.3 is 10.2 Å². The summed E-state index contributed by atoms with van der Waals surface area (Å²) in [5, 5.41) is 11.1. The number of piperidine rings is 1. The molecule has 0 saturated carbocycles. The number of carbonyl (C=O) groups is 1. The standard InChI is InChI=1S/C21H28N4O/c1-15-7-9-16(10-8-15)17-14-18(24-23-17)20(26)25-13-5-11-21(2)19(25)6-3-4-12-22-21/h7-10,14,19,22H,3-6,11-13H2,1-2H3,(H,23,24)/t19-,21-/m0/s1. The predicted octanol–water partition coefficient (Wildman–Crippen LogP) is 3.52. The summed E-state index contributed by atoms with van der Waals surface area (Å²) in [5.41, 5.74) is 3.70. The van der Waals surface area contributed by atoms with Gasteiger partial charge in [-0.05, 0) is 52.1 Å². The molecule has 26 heavy (non-hydrogen) atoms. The Bertz CT molecular complexity index is 782. The lowest BCUT2D eigenvalue weighted by atomic mass is 9.81. The van der Waals surface area contributed by atoms with Crippen LogP contribution in [0.15, 0.2) is 30.3 Å². The van der Waals surface area contributed by atoms with Crippen molar-refractivity contribution in [3.63, 3.8) is 0 Å². The van der Waals surface area contributed by atoms with Crippen LogP contribution < -0.4 is 5.32 Å². The number of aromatic amines is 1. The Kier molecular flexibility index (Phi) is 4.57. The maximum absolute atomic E-state index is 13.2. The molecule has 1 aromatic carbocycles. The first-order valence-corrected chi connectivity index (χ1v) is 9.75. The number of carbonyl (C=O) groups excluding carboxylic acids is 1. The number of hydrogen-bond donors (Lipinski definition) is 2. The quantitative estimate of drug-likeness (QED) is 0.869. The minimum Gasteiger partial charge on any atom is -0.333 e. The van der Waals surface area contributed by atoms with Crippen LogP contribution in [0.1, 0.15) is 55.1 Å². The van der Waals surface area contributed by atoms with Gasteiger partial charge >= 0.3 is 0 Å². The van der Waals surface area contributed by atoms with Gasteiger partial charge in [-0.15, -0.1) is 0 Å². The van der Waals surface area contributed by atoms with E-state index in [0.29, 0.717) is 5.69 Å². The van der Waals surface area contributed by atoms with Crippen LogP contribution in [-0.4, -0.2) is 45.7 Å². The third kappa shape index (κ3) is 3.16. The molecule has 5 heteroatoms. The highest BCUT2D eigenvalue weighted by Gasteiger charge is 2.43. The molecule has 2 aromatic rings. The maximum Gasteiger partial charge on any atom is 0.272 e. The monoisotopic (exact) mass is 352 g/mol. The second-order valence-electron chi connectivity index (χ2n) is 7.99. The molecule has 0 radical (unpaired) electrons. The van der Waals surface area contributed by atoms with Gasteiger partial charge in [0.15, 0.2) is 0 Å². The number of aryl methyl sites for hydroxylation is 1. The molecule has 0 aliphatic carbocycles. The molecular formula is C21H28N4O. The minimum atomic E-state index is 0.0320. The topological polar surface area (TPSA) is 61.0 Å². The summed E-state index contributed by atoms with van der Waals surface area (Å²) in [6, 6.07) is 10.4. The fraction of sp³-hybridized carbons (Fsp3) is 0.524. The Hall–Kier alpha value is -2.14. The molecular weight excluding hydrogens is 324 g/mol. The lowest BCUT2D eigenvalue weighted by Gasteiger charge is -2.48. The van der Waals surface area contributed by atoms with E-state index in [2.05, 4.69) is 46.4 Å². The van der Waals surface area contributed by atoms with E-state index in [1.54, 1.807) is 0 Å². The van der Waals surface area contributed by atoms with E-state index in [4.69, 9.17) is 0 Å². The molecule has 3 heterocycles. The van der Waals surface area contributed by atoms with Gasteiger partial charge in [0.05, 0.1) is 5.69 Å². The summed E-state index contributed by atoms with van der Waals surface area (Å²) >= 11 is 0. The number of nitrogens with one attached hydrogen (secondary N) is 2. The van der Waals surface area contributed by atoms with Gasteiger partial charge in [-0.25, -0.2) is 0 Å². The van der Waals surface area contributed by atoms with Crippen molar-refractivity contribution in [1.29, 1.82) is 0 Å². The van der Waals surface area contributed by atoms with Crippen LogP contribution in [0.5, 0.6) is 0 Å². The maximum atomic E-state index is 13.2. The van der Waals surface area contributed by atoms with E-state index in [-0.39, 0.29) is 17.5 Å². The number of likely N-dealkylation sites (tertiary alicyclic amines) is 1. The Labute approximate surface area is 155 Å². The van der Waals surface area contributed by atoms with Gasteiger partial charge in [-0.1, -0.05) is 36.2 Å². The first kappa shape index (κ1) is 17.3. The average molecular weight is 352 g/mol. The summed E-state index contributed by atoms with van der Waals surface area (Å²) in [6.07, 6.45) is 5.63. The predicted molar refractivity (Wildman–Crippen MR) is 103 cm³/mol. The number of hydrogen-bond acceptors (Lipinski definition) is 3. The molecule has 1 amide bonds. The number of fused-ring (bicyclic) bond motifs is 1. The van der Waals surface area contributed by atoms with Crippen molar-refractivity contribution in [2.24, 2.45) is 0 Å². The highest BCUT2D eigenvalue weighted by molar-refractivity contribution is 5.93. The van der Waals surface area contributed by atoms with Gasteiger partial charge in [-0.3, -0.25) is 9.89 Å².